The zero-order valence-corrected chi connectivity index (χ0v) is 22.1. The molecule has 0 unspecified atom stereocenters. The van der Waals surface area contributed by atoms with Crippen molar-refractivity contribution in [3.05, 3.63) is 108 Å². The van der Waals surface area contributed by atoms with E-state index in [1.165, 1.54) is 10.6 Å². The zero-order chi connectivity index (χ0) is 28.1. The molecule has 1 aromatic carbocycles. The van der Waals surface area contributed by atoms with Crippen molar-refractivity contribution in [3.8, 4) is 5.75 Å². The van der Waals surface area contributed by atoms with Gasteiger partial charge in [0.2, 0.25) is 17.1 Å². The molecule has 3 atom stereocenters. The monoisotopic (exact) mass is 542 g/mol. The Morgan fingerprint density at radius 1 is 1.07 bits per heavy atom. The van der Waals surface area contributed by atoms with E-state index in [1.54, 1.807) is 25.2 Å². The summed E-state index contributed by atoms with van der Waals surface area (Å²) in [4.78, 5) is 53.0. The number of aromatic nitrogens is 2. The first-order chi connectivity index (χ1) is 19.2. The lowest BCUT2D eigenvalue weighted by Crippen LogP contribution is -2.46. The van der Waals surface area contributed by atoms with Crippen LogP contribution in [0.25, 0.3) is 10.9 Å². The third-order valence-corrected chi connectivity index (χ3v) is 8.19. The highest BCUT2D eigenvalue weighted by atomic mass is 16.4. The predicted octanol–water partition coefficient (Wildman–Crippen LogP) is 1.99. The third kappa shape index (κ3) is 4.54. The Kier molecular flexibility index (Phi) is 6.42. The van der Waals surface area contributed by atoms with Gasteiger partial charge in [0.15, 0.2) is 5.76 Å². The molecule has 40 heavy (non-hydrogen) atoms. The van der Waals surface area contributed by atoms with Crippen LogP contribution in [0, 0.1) is 5.92 Å². The van der Waals surface area contributed by atoms with Gasteiger partial charge in [-0.15, -0.1) is 0 Å². The number of likely N-dealkylation sites (tertiary alicyclic amines) is 1. The molecule has 6 rings (SSSR count). The van der Waals surface area contributed by atoms with E-state index in [0.29, 0.717) is 37.5 Å². The number of para-hydroxylation sites is 1. The Hall–Kier alpha value is -4.44. The minimum atomic E-state index is -1.05. The van der Waals surface area contributed by atoms with E-state index in [0.717, 1.165) is 17.5 Å². The summed E-state index contributed by atoms with van der Waals surface area (Å²) in [6, 6.07) is 15.6. The summed E-state index contributed by atoms with van der Waals surface area (Å²) in [5, 5.41) is 11.6. The maximum absolute atomic E-state index is 13.4. The lowest BCUT2D eigenvalue weighted by atomic mass is 9.83. The average molecular weight is 543 g/mol. The first-order valence-electron chi connectivity index (χ1n) is 13.3. The molecule has 1 saturated heterocycles. The SMILES string of the molecule is Cn1c(=O)c([C@H](CC(N)=O)c2oc(CN3C[C@H]4C[C@@H](C3)c3cccc(=O)n3C4)cc(=O)c2O)cc2ccccc21. The number of pyridine rings is 2. The molecular formula is C30H30N4O6. The molecule has 1 amide bonds. The van der Waals surface area contributed by atoms with E-state index in [2.05, 4.69) is 4.90 Å². The van der Waals surface area contributed by atoms with Gasteiger partial charge in [-0.25, -0.2) is 0 Å². The molecule has 5 heterocycles. The summed E-state index contributed by atoms with van der Waals surface area (Å²) in [7, 11) is 1.63. The van der Waals surface area contributed by atoms with E-state index in [1.807, 2.05) is 34.9 Å². The molecule has 10 heteroatoms. The largest absolute Gasteiger partial charge is 0.502 e. The number of nitrogens with zero attached hydrogens (tertiary/aromatic N) is 3. The maximum Gasteiger partial charge on any atom is 0.254 e. The lowest BCUT2D eigenvalue weighted by molar-refractivity contribution is -0.118. The highest BCUT2D eigenvalue weighted by Gasteiger charge is 2.35. The van der Waals surface area contributed by atoms with Crippen LogP contribution in [0.3, 0.4) is 0 Å². The van der Waals surface area contributed by atoms with E-state index in [-0.39, 0.29) is 40.7 Å². The zero-order valence-electron chi connectivity index (χ0n) is 22.1. The summed E-state index contributed by atoms with van der Waals surface area (Å²) in [6.07, 6.45) is 0.656. The Balaban J connectivity index is 1.37. The first kappa shape index (κ1) is 25.8. The van der Waals surface area contributed by atoms with E-state index in [4.69, 9.17) is 10.2 Å². The predicted molar refractivity (Wildman–Crippen MR) is 148 cm³/mol. The molecule has 206 valence electrons. The van der Waals surface area contributed by atoms with Crippen molar-refractivity contribution in [3.63, 3.8) is 0 Å². The number of hydrogen-bond acceptors (Lipinski definition) is 7. The second kappa shape index (κ2) is 9.95. The second-order valence-electron chi connectivity index (χ2n) is 10.9. The molecule has 1 fully saturated rings. The lowest BCUT2D eigenvalue weighted by Gasteiger charge is -2.42. The summed E-state index contributed by atoms with van der Waals surface area (Å²) in [6.45, 7) is 2.33. The van der Waals surface area contributed by atoms with E-state index in [9.17, 15) is 24.3 Å². The van der Waals surface area contributed by atoms with Crippen molar-refractivity contribution in [2.45, 2.75) is 37.8 Å². The first-order valence-corrected chi connectivity index (χ1v) is 13.3. The van der Waals surface area contributed by atoms with Gasteiger partial charge < -0.3 is 24.4 Å². The number of aryl methyl sites for hydroxylation is 1. The summed E-state index contributed by atoms with van der Waals surface area (Å²) in [5.74, 6) is -1.78. The third-order valence-electron chi connectivity index (χ3n) is 8.19. The van der Waals surface area contributed by atoms with Crippen LogP contribution >= 0.6 is 0 Å². The van der Waals surface area contributed by atoms with Crippen LogP contribution < -0.4 is 22.3 Å². The molecule has 3 aromatic heterocycles. The molecule has 2 aliphatic rings. The van der Waals surface area contributed by atoms with Crippen LogP contribution in [0.15, 0.2) is 73.4 Å². The fourth-order valence-corrected chi connectivity index (χ4v) is 6.46. The highest BCUT2D eigenvalue weighted by molar-refractivity contribution is 5.80. The fraction of sp³-hybridized carbons (Fsp3) is 0.333. The number of piperidine rings is 1. The quantitative estimate of drug-likeness (QED) is 0.380. The maximum atomic E-state index is 13.4. The van der Waals surface area contributed by atoms with Gasteiger partial charge in [-0.1, -0.05) is 24.3 Å². The van der Waals surface area contributed by atoms with Crippen LogP contribution in [0.5, 0.6) is 5.75 Å². The summed E-state index contributed by atoms with van der Waals surface area (Å²) < 4.78 is 9.44. The van der Waals surface area contributed by atoms with Gasteiger partial charge in [0, 0.05) is 62.4 Å². The fourth-order valence-electron chi connectivity index (χ4n) is 6.46. The highest BCUT2D eigenvalue weighted by Crippen LogP contribution is 2.36. The van der Waals surface area contributed by atoms with Gasteiger partial charge in [0.05, 0.1) is 18.0 Å². The van der Waals surface area contributed by atoms with Gasteiger partial charge in [-0.05, 0) is 35.9 Å². The van der Waals surface area contributed by atoms with Crippen molar-refractivity contribution >= 4 is 16.8 Å². The number of benzene rings is 1. The van der Waals surface area contributed by atoms with Crippen molar-refractivity contribution in [1.82, 2.24) is 14.0 Å². The number of primary amides is 1. The molecule has 10 nitrogen and oxygen atoms in total. The number of rotatable bonds is 6. The van der Waals surface area contributed by atoms with Crippen LogP contribution in [0.2, 0.25) is 0 Å². The number of nitrogens with two attached hydrogens (primary N) is 1. The minimum Gasteiger partial charge on any atom is -0.502 e. The molecule has 3 N–H and O–H groups in total. The molecule has 2 bridgehead atoms. The molecule has 0 radical (unpaired) electrons. The van der Waals surface area contributed by atoms with Gasteiger partial charge >= 0.3 is 0 Å². The number of fused-ring (bicyclic) bond motifs is 5. The Bertz CT molecular complexity index is 1820. The topological polar surface area (TPSA) is 141 Å². The molecular weight excluding hydrogens is 512 g/mol. The summed E-state index contributed by atoms with van der Waals surface area (Å²) >= 11 is 0. The van der Waals surface area contributed by atoms with E-state index >= 15 is 0 Å². The van der Waals surface area contributed by atoms with Crippen molar-refractivity contribution in [2.75, 3.05) is 13.1 Å². The van der Waals surface area contributed by atoms with Crippen molar-refractivity contribution in [2.24, 2.45) is 18.7 Å². The Labute approximate surface area is 228 Å². The number of carbonyl (C=O) groups is 1. The Morgan fingerprint density at radius 3 is 2.67 bits per heavy atom. The number of amides is 1. The van der Waals surface area contributed by atoms with Gasteiger partial charge in [-0.2, -0.15) is 0 Å². The van der Waals surface area contributed by atoms with Gasteiger partial charge in [0.1, 0.15) is 5.76 Å². The molecule has 0 spiro atoms. The summed E-state index contributed by atoms with van der Waals surface area (Å²) in [5.41, 5.74) is 6.45. The van der Waals surface area contributed by atoms with Crippen LogP contribution in [0.4, 0.5) is 0 Å². The van der Waals surface area contributed by atoms with Crippen LogP contribution in [0.1, 0.15) is 47.5 Å². The Morgan fingerprint density at radius 2 is 1.88 bits per heavy atom. The molecule has 4 aromatic rings. The minimum absolute atomic E-state index is 0.00940. The van der Waals surface area contributed by atoms with Crippen molar-refractivity contribution < 1.29 is 14.3 Å². The van der Waals surface area contributed by atoms with Crippen LogP contribution in [-0.2, 0) is 24.9 Å². The standard InChI is InChI=1S/C30H30N4O6/c1-32-23-6-3-2-5-18(23)10-22(30(32)39)21(12-26(31)36)29-28(38)25(35)11-20(40-29)16-33-13-17-9-19(15-33)24-7-4-8-27(37)34(24)14-17/h2-8,10-11,17,19,21,38H,9,12-16H2,1H3,(H2,31,36)/t17-,19+,21+/m1/s1. The average Bonchev–Trinajstić information content (AvgIpc) is 2.92. The van der Waals surface area contributed by atoms with Gasteiger partial charge in [0.25, 0.3) is 11.1 Å². The number of carbonyl (C=O) groups excluding carboxylic acids is 1. The van der Waals surface area contributed by atoms with Gasteiger partial charge in [-0.3, -0.25) is 24.1 Å². The van der Waals surface area contributed by atoms with E-state index < -0.39 is 23.0 Å². The number of hydrogen-bond donors (Lipinski definition) is 2. The molecule has 0 saturated carbocycles. The smallest absolute Gasteiger partial charge is 0.254 e. The van der Waals surface area contributed by atoms with Crippen LogP contribution in [-0.4, -0.2) is 38.1 Å². The number of aromatic hydroxyl groups is 1. The molecule has 2 aliphatic heterocycles. The molecule has 0 aliphatic carbocycles. The second-order valence-corrected chi connectivity index (χ2v) is 10.9. The normalized spacial score (nSPS) is 19.3. The van der Waals surface area contributed by atoms with Crippen molar-refractivity contribution in [1.29, 1.82) is 0 Å².